The fourth-order valence-corrected chi connectivity index (χ4v) is 2.63. The van der Waals surface area contributed by atoms with Crippen molar-refractivity contribution in [3.05, 3.63) is 40.9 Å². The van der Waals surface area contributed by atoms with E-state index in [4.69, 9.17) is 10.9 Å². The second kappa shape index (κ2) is 7.01. The lowest BCUT2D eigenvalue weighted by atomic mass is 10.1. The molecule has 0 spiro atoms. The van der Waals surface area contributed by atoms with E-state index in [-0.39, 0.29) is 5.91 Å². The molecule has 0 fully saturated rings. The summed E-state index contributed by atoms with van der Waals surface area (Å²) in [5.41, 5.74) is 2.37. The summed E-state index contributed by atoms with van der Waals surface area (Å²) in [5.74, 6) is 5.25. The van der Waals surface area contributed by atoms with Gasteiger partial charge in [-0.1, -0.05) is 12.1 Å². The van der Waals surface area contributed by atoms with E-state index in [0.717, 1.165) is 24.1 Å². The molecule has 0 saturated carbocycles. The van der Waals surface area contributed by atoms with Gasteiger partial charge in [0.15, 0.2) is 5.13 Å². The molecule has 2 amide bonds. The SMILES string of the molecule is CC(=O)Nc1nc(CCc2ccc(N(N)C(=O)O)cc2)cs1. The van der Waals surface area contributed by atoms with Gasteiger partial charge in [0.25, 0.3) is 0 Å². The predicted molar refractivity (Wildman–Crippen MR) is 85.0 cm³/mol. The molecule has 1 aromatic carbocycles. The van der Waals surface area contributed by atoms with Gasteiger partial charge in [-0.25, -0.2) is 20.6 Å². The zero-order chi connectivity index (χ0) is 16.1. The van der Waals surface area contributed by atoms with Crippen LogP contribution in [0.2, 0.25) is 0 Å². The van der Waals surface area contributed by atoms with E-state index < -0.39 is 6.09 Å². The number of rotatable bonds is 5. The Morgan fingerprint density at radius 3 is 2.59 bits per heavy atom. The normalized spacial score (nSPS) is 10.3. The minimum Gasteiger partial charge on any atom is -0.464 e. The maximum absolute atomic E-state index is 10.9. The van der Waals surface area contributed by atoms with Crippen molar-refractivity contribution in [2.45, 2.75) is 19.8 Å². The van der Waals surface area contributed by atoms with Gasteiger partial charge in [0.2, 0.25) is 5.91 Å². The topological polar surface area (TPSA) is 109 Å². The number of carbonyl (C=O) groups excluding carboxylic acids is 1. The Balaban J connectivity index is 1.93. The summed E-state index contributed by atoms with van der Waals surface area (Å²) < 4.78 is 0. The largest absolute Gasteiger partial charge is 0.464 e. The standard InChI is InChI=1S/C14H16N4O3S/c1-9(19)16-13-17-11(8-22-13)5-2-10-3-6-12(7-4-10)18(15)14(20)21/h3-4,6-8H,2,5,15H2,1H3,(H,20,21)(H,16,17,19). The molecule has 0 aliphatic rings. The van der Waals surface area contributed by atoms with Gasteiger partial charge >= 0.3 is 6.09 Å². The Labute approximate surface area is 131 Å². The summed E-state index contributed by atoms with van der Waals surface area (Å²) in [5, 5.41) is 14.6. The van der Waals surface area contributed by atoms with Gasteiger partial charge in [-0.3, -0.25) is 4.79 Å². The van der Waals surface area contributed by atoms with Crippen molar-refractivity contribution in [1.82, 2.24) is 4.98 Å². The summed E-state index contributed by atoms with van der Waals surface area (Å²) in [6.45, 7) is 1.44. The Bertz CT molecular complexity index is 669. The lowest BCUT2D eigenvalue weighted by Gasteiger charge is -2.12. The zero-order valence-electron chi connectivity index (χ0n) is 11.9. The summed E-state index contributed by atoms with van der Waals surface area (Å²) in [6.07, 6.45) is 0.294. The zero-order valence-corrected chi connectivity index (χ0v) is 12.8. The van der Waals surface area contributed by atoms with E-state index in [1.807, 2.05) is 17.5 Å². The first-order chi connectivity index (χ1) is 10.5. The molecule has 8 heteroatoms. The first-order valence-corrected chi connectivity index (χ1v) is 7.42. The smallest absolute Gasteiger partial charge is 0.426 e. The molecular weight excluding hydrogens is 304 g/mol. The molecule has 4 N–H and O–H groups in total. The highest BCUT2D eigenvalue weighted by molar-refractivity contribution is 7.13. The molecule has 0 saturated heterocycles. The fraction of sp³-hybridized carbons (Fsp3) is 0.214. The lowest BCUT2D eigenvalue weighted by molar-refractivity contribution is -0.114. The molecule has 2 rings (SSSR count). The number of hydrogen-bond donors (Lipinski definition) is 3. The molecule has 0 unspecified atom stereocenters. The number of aryl methyl sites for hydroxylation is 2. The average molecular weight is 320 g/mol. The molecular formula is C14H16N4O3S. The highest BCUT2D eigenvalue weighted by Gasteiger charge is 2.09. The van der Waals surface area contributed by atoms with E-state index in [1.165, 1.54) is 18.3 Å². The van der Waals surface area contributed by atoms with Gasteiger partial charge in [0.05, 0.1) is 11.4 Å². The molecule has 0 radical (unpaired) electrons. The van der Waals surface area contributed by atoms with Crippen molar-refractivity contribution < 1.29 is 14.7 Å². The molecule has 0 bridgehead atoms. The fourth-order valence-electron chi connectivity index (χ4n) is 1.84. The van der Waals surface area contributed by atoms with Crippen LogP contribution in [0.5, 0.6) is 0 Å². The number of carboxylic acid groups (broad SMARTS) is 1. The third-order valence-corrected chi connectivity index (χ3v) is 3.73. The minimum atomic E-state index is -1.21. The third-order valence-electron chi connectivity index (χ3n) is 2.93. The van der Waals surface area contributed by atoms with E-state index in [2.05, 4.69) is 10.3 Å². The Kier molecular flexibility index (Phi) is 5.08. The van der Waals surface area contributed by atoms with Crippen LogP contribution in [-0.2, 0) is 17.6 Å². The van der Waals surface area contributed by atoms with Gasteiger partial charge in [0, 0.05) is 12.3 Å². The van der Waals surface area contributed by atoms with E-state index in [0.29, 0.717) is 15.8 Å². The number of aromatic nitrogens is 1. The van der Waals surface area contributed by atoms with Gasteiger partial charge in [0.1, 0.15) is 0 Å². The van der Waals surface area contributed by atoms with Crippen molar-refractivity contribution in [1.29, 1.82) is 0 Å². The number of benzene rings is 1. The maximum Gasteiger partial charge on any atom is 0.426 e. The molecule has 0 atom stereocenters. The number of amides is 2. The van der Waals surface area contributed by atoms with E-state index in [9.17, 15) is 9.59 Å². The van der Waals surface area contributed by atoms with Gasteiger partial charge in [-0.15, -0.1) is 11.3 Å². The highest BCUT2D eigenvalue weighted by Crippen LogP contribution is 2.18. The molecule has 1 heterocycles. The van der Waals surface area contributed by atoms with Crippen LogP contribution in [0.25, 0.3) is 0 Å². The summed E-state index contributed by atoms with van der Waals surface area (Å²) >= 11 is 1.39. The summed E-state index contributed by atoms with van der Waals surface area (Å²) in [6, 6.07) is 6.99. The molecule has 116 valence electrons. The summed E-state index contributed by atoms with van der Waals surface area (Å²) in [4.78, 5) is 26.0. The monoisotopic (exact) mass is 320 g/mol. The lowest BCUT2D eigenvalue weighted by Crippen LogP contribution is -2.35. The van der Waals surface area contributed by atoms with Crippen LogP contribution in [0.4, 0.5) is 15.6 Å². The molecule has 0 aliphatic heterocycles. The van der Waals surface area contributed by atoms with Gasteiger partial charge < -0.3 is 10.4 Å². The number of thiazole rings is 1. The molecule has 0 aliphatic carbocycles. The Hall–Kier alpha value is -2.45. The average Bonchev–Trinajstić information content (AvgIpc) is 2.91. The van der Waals surface area contributed by atoms with E-state index in [1.54, 1.807) is 12.1 Å². The van der Waals surface area contributed by atoms with Crippen molar-refractivity contribution in [3.8, 4) is 0 Å². The van der Waals surface area contributed by atoms with Crippen LogP contribution in [0.15, 0.2) is 29.6 Å². The number of nitrogens with two attached hydrogens (primary N) is 1. The second-order valence-electron chi connectivity index (χ2n) is 4.64. The molecule has 7 nitrogen and oxygen atoms in total. The third kappa shape index (κ3) is 4.27. The van der Waals surface area contributed by atoms with Crippen LogP contribution in [0, 0.1) is 0 Å². The first kappa shape index (κ1) is 15.9. The van der Waals surface area contributed by atoms with Crippen molar-refractivity contribution in [2.75, 3.05) is 10.3 Å². The number of carbonyl (C=O) groups is 2. The van der Waals surface area contributed by atoms with Crippen LogP contribution < -0.4 is 16.2 Å². The van der Waals surface area contributed by atoms with Crippen LogP contribution in [0.1, 0.15) is 18.2 Å². The number of hydrazine groups is 1. The first-order valence-electron chi connectivity index (χ1n) is 6.54. The van der Waals surface area contributed by atoms with Crippen LogP contribution in [-0.4, -0.2) is 22.1 Å². The van der Waals surface area contributed by atoms with E-state index >= 15 is 0 Å². The van der Waals surface area contributed by atoms with Gasteiger partial charge in [-0.05, 0) is 30.5 Å². The van der Waals surface area contributed by atoms with Crippen LogP contribution >= 0.6 is 11.3 Å². The van der Waals surface area contributed by atoms with Crippen LogP contribution in [0.3, 0.4) is 0 Å². The quantitative estimate of drug-likeness (QED) is 0.445. The number of anilines is 2. The highest BCUT2D eigenvalue weighted by atomic mass is 32.1. The van der Waals surface area contributed by atoms with Crippen molar-refractivity contribution in [2.24, 2.45) is 5.84 Å². The maximum atomic E-state index is 10.9. The van der Waals surface area contributed by atoms with Crippen molar-refractivity contribution in [3.63, 3.8) is 0 Å². The Morgan fingerprint density at radius 1 is 1.32 bits per heavy atom. The number of nitrogens with one attached hydrogen (secondary N) is 1. The van der Waals surface area contributed by atoms with Gasteiger partial charge in [-0.2, -0.15) is 0 Å². The minimum absolute atomic E-state index is 0.138. The predicted octanol–water partition coefficient (Wildman–Crippen LogP) is 2.24. The molecule has 2 aromatic rings. The molecule has 1 aromatic heterocycles. The Morgan fingerprint density at radius 2 is 2.00 bits per heavy atom. The second-order valence-corrected chi connectivity index (χ2v) is 5.50. The van der Waals surface area contributed by atoms with Crippen molar-refractivity contribution >= 4 is 34.2 Å². The molecule has 22 heavy (non-hydrogen) atoms. The summed E-state index contributed by atoms with van der Waals surface area (Å²) in [7, 11) is 0. The number of hydrogen-bond acceptors (Lipinski definition) is 5. The number of nitrogens with zero attached hydrogens (tertiary/aromatic N) is 2.